The minimum atomic E-state index is -0.276. The molecule has 1 N–H and O–H groups in total. The van der Waals surface area contributed by atoms with Gasteiger partial charge in [0.2, 0.25) is 0 Å². The van der Waals surface area contributed by atoms with Crippen LogP contribution in [0, 0.1) is 6.92 Å². The summed E-state index contributed by atoms with van der Waals surface area (Å²) in [6.45, 7) is 3.35. The molecule has 0 bridgehead atoms. The zero-order valence-electron chi connectivity index (χ0n) is 10.9. The van der Waals surface area contributed by atoms with E-state index < -0.39 is 0 Å². The number of carbonyl (C=O) groups is 1. The van der Waals surface area contributed by atoms with Crippen LogP contribution in [-0.2, 0) is 0 Å². The fourth-order valence-corrected chi connectivity index (χ4v) is 2.36. The first-order chi connectivity index (χ1) is 8.68. The van der Waals surface area contributed by atoms with Crippen molar-refractivity contribution in [3.63, 3.8) is 0 Å². The highest BCUT2D eigenvalue weighted by Gasteiger charge is 2.19. The predicted octanol–water partition coefficient (Wildman–Crippen LogP) is 2.09. The minimum absolute atomic E-state index is 0.127. The third kappa shape index (κ3) is 3.00. The first-order valence-corrected chi connectivity index (χ1v) is 6.67. The van der Waals surface area contributed by atoms with Crippen LogP contribution in [-0.4, -0.2) is 28.9 Å². The van der Waals surface area contributed by atoms with Gasteiger partial charge < -0.3 is 9.88 Å². The molecule has 1 fully saturated rings. The molecular formula is C14H20N2O2. The van der Waals surface area contributed by atoms with Gasteiger partial charge in [-0.3, -0.25) is 9.59 Å². The van der Waals surface area contributed by atoms with Crippen LogP contribution in [0.3, 0.4) is 0 Å². The van der Waals surface area contributed by atoms with E-state index in [0.29, 0.717) is 0 Å². The summed E-state index contributed by atoms with van der Waals surface area (Å²) in [6, 6.07) is 3.41. The zero-order chi connectivity index (χ0) is 13.0. The molecule has 0 aliphatic carbocycles. The zero-order valence-corrected chi connectivity index (χ0v) is 10.9. The van der Waals surface area contributed by atoms with Crippen molar-refractivity contribution < 1.29 is 4.79 Å². The lowest BCUT2D eigenvalue weighted by Gasteiger charge is -2.24. The van der Waals surface area contributed by atoms with Gasteiger partial charge in [-0.15, -0.1) is 0 Å². The Morgan fingerprint density at radius 1 is 1.11 bits per heavy atom. The van der Waals surface area contributed by atoms with E-state index in [1.807, 2.05) is 11.8 Å². The maximum absolute atomic E-state index is 12.3. The van der Waals surface area contributed by atoms with E-state index >= 15 is 0 Å². The van der Waals surface area contributed by atoms with Crippen LogP contribution in [0.15, 0.2) is 16.9 Å². The number of carbonyl (C=O) groups excluding carboxylic acids is 1. The summed E-state index contributed by atoms with van der Waals surface area (Å²) in [4.78, 5) is 28.6. The number of pyridine rings is 1. The second-order valence-electron chi connectivity index (χ2n) is 4.94. The monoisotopic (exact) mass is 248 g/mol. The molecule has 2 rings (SSSR count). The first kappa shape index (κ1) is 12.9. The topological polar surface area (TPSA) is 53.2 Å². The lowest BCUT2D eigenvalue weighted by molar-refractivity contribution is 0.0740. The highest BCUT2D eigenvalue weighted by Crippen LogP contribution is 2.12. The number of H-pyrrole nitrogens is 1. The summed E-state index contributed by atoms with van der Waals surface area (Å²) in [5.41, 5.74) is 0.771. The number of aryl methyl sites for hydroxylation is 1. The molecule has 1 aliphatic heterocycles. The summed E-state index contributed by atoms with van der Waals surface area (Å²) >= 11 is 0. The number of amides is 1. The van der Waals surface area contributed by atoms with E-state index in [9.17, 15) is 9.59 Å². The summed E-state index contributed by atoms with van der Waals surface area (Å²) in [7, 11) is 0. The van der Waals surface area contributed by atoms with Crippen molar-refractivity contribution in [2.24, 2.45) is 0 Å². The number of hydrogen-bond donors (Lipinski definition) is 1. The van der Waals surface area contributed by atoms with Gasteiger partial charge in [-0.25, -0.2) is 0 Å². The standard InChI is InChI=1S/C14H20N2O2/c1-11-7-8-12(13(17)15-11)14(18)16-9-5-3-2-4-6-10-16/h7-8H,2-6,9-10H2,1H3,(H,15,17). The van der Waals surface area contributed by atoms with Crippen LogP contribution in [0.5, 0.6) is 0 Å². The highest BCUT2D eigenvalue weighted by molar-refractivity contribution is 5.93. The van der Waals surface area contributed by atoms with E-state index in [2.05, 4.69) is 4.98 Å². The summed E-state index contributed by atoms with van der Waals surface area (Å²) < 4.78 is 0. The lowest BCUT2D eigenvalue weighted by atomic mass is 10.1. The average Bonchev–Trinajstić information content (AvgIpc) is 2.27. The van der Waals surface area contributed by atoms with Crippen LogP contribution in [0.2, 0.25) is 0 Å². The number of nitrogens with one attached hydrogen (secondary N) is 1. The molecule has 18 heavy (non-hydrogen) atoms. The third-order valence-electron chi connectivity index (χ3n) is 3.43. The molecule has 0 atom stereocenters. The van der Waals surface area contributed by atoms with Gasteiger partial charge in [0.25, 0.3) is 11.5 Å². The third-order valence-corrected chi connectivity index (χ3v) is 3.43. The van der Waals surface area contributed by atoms with E-state index in [1.165, 1.54) is 19.3 Å². The number of aromatic nitrogens is 1. The molecule has 98 valence electrons. The predicted molar refractivity (Wildman–Crippen MR) is 70.8 cm³/mol. The molecule has 4 heteroatoms. The Bertz CT molecular complexity index is 471. The van der Waals surface area contributed by atoms with Gasteiger partial charge in [-0.2, -0.15) is 0 Å². The molecular weight excluding hydrogens is 228 g/mol. The van der Waals surface area contributed by atoms with Gasteiger partial charge in [0.05, 0.1) is 0 Å². The Hall–Kier alpha value is -1.58. The molecule has 1 aromatic heterocycles. The molecule has 0 radical (unpaired) electrons. The normalized spacial score (nSPS) is 17.1. The van der Waals surface area contributed by atoms with Gasteiger partial charge in [-0.1, -0.05) is 19.3 Å². The molecule has 2 heterocycles. The minimum Gasteiger partial charge on any atom is -0.338 e. The van der Waals surface area contributed by atoms with Crippen molar-refractivity contribution >= 4 is 5.91 Å². The lowest BCUT2D eigenvalue weighted by Crippen LogP contribution is -2.37. The largest absolute Gasteiger partial charge is 0.338 e. The van der Waals surface area contributed by atoms with Crippen LogP contribution in [0.1, 0.15) is 48.2 Å². The van der Waals surface area contributed by atoms with Gasteiger partial charge in [0.1, 0.15) is 5.56 Å². The second-order valence-corrected chi connectivity index (χ2v) is 4.94. The van der Waals surface area contributed by atoms with Crippen LogP contribution in [0.4, 0.5) is 0 Å². The molecule has 0 spiro atoms. The van der Waals surface area contributed by atoms with Crippen LogP contribution in [0.25, 0.3) is 0 Å². The van der Waals surface area contributed by atoms with Gasteiger partial charge in [0, 0.05) is 18.8 Å². The van der Waals surface area contributed by atoms with Gasteiger partial charge in [0.15, 0.2) is 0 Å². The summed E-state index contributed by atoms with van der Waals surface area (Å²) in [6.07, 6.45) is 5.68. The number of aromatic amines is 1. The summed E-state index contributed by atoms with van der Waals surface area (Å²) in [5.74, 6) is -0.127. The van der Waals surface area contributed by atoms with Crippen molar-refractivity contribution in [3.05, 3.63) is 33.7 Å². The molecule has 1 aromatic rings. The SMILES string of the molecule is Cc1ccc(C(=O)N2CCCCCCC2)c(=O)[nH]1. The first-order valence-electron chi connectivity index (χ1n) is 6.67. The van der Waals surface area contributed by atoms with Crippen LogP contribution >= 0.6 is 0 Å². The number of hydrogen-bond acceptors (Lipinski definition) is 2. The highest BCUT2D eigenvalue weighted by atomic mass is 16.2. The Labute approximate surface area is 107 Å². The second kappa shape index (κ2) is 5.85. The van der Waals surface area contributed by atoms with Crippen molar-refractivity contribution in [2.75, 3.05) is 13.1 Å². The van der Waals surface area contributed by atoms with E-state index in [-0.39, 0.29) is 17.0 Å². The van der Waals surface area contributed by atoms with E-state index in [0.717, 1.165) is 31.6 Å². The Kier molecular flexibility index (Phi) is 4.18. The number of likely N-dealkylation sites (tertiary alicyclic amines) is 1. The fraction of sp³-hybridized carbons (Fsp3) is 0.571. The van der Waals surface area contributed by atoms with Gasteiger partial charge in [-0.05, 0) is 31.9 Å². The molecule has 4 nitrogen and oxygen atoms in total. The van der Waals surface area contributed by atoms with Crippen LogP contribution < -0.4 is 5.56 Å². The maximum atomic E-state index is 12.3. The molecule has 0 saturated carbocycles. The van der Waals surface area contributed by atoms with Gasteiger partial charge >= 0.3 is 0 Å². The van der Waals surface area contributed by atoms with Crippen molar-refractivity contribution in [1.82, 2.24) is 9.88 Å². The summed E-state index contributed by atoms with van der Waals surface area (Å²) in [5, 5.41) is 0. The number of nitrogens with zero attached hydrogens (tertiary/aromatic N) is 1. The Morgan fingerprint density at radius 2 is 1.72 bits per heavy atom. The quantitative estimate of drug-likeness (QED) is 0.827. The van der Waals surface area contributed by atoms with E-state index in [4.69, 9.17) is 0 Å². The van der Waals surface area contributed by atoms with E-state index in [1.54, 1.807) is 12.1 Å². The molecule has 1 aliphatic rings. The smallest absolute Gasteiger partial charge is 0.260 e. The molecule has 1 amide bonds. The Balaban J connectivity index is 2.16. The number of rotatable bonds is 1. The molecule has 0 aromatic carbocycles. The average molecular weight is 248 g/mol. The fourth-order valence-electron chi connectivity index (χ4n) is 2.36. The Morgan fingerprint density at radius 3 is 2.33 bits per heavy atom. The molecule has 0 unspecified atom stereocenters. The van der Waals surface area contributed by atoms with Crippen molar-refractivity contribution in [3.8, 4) is 0 Å². The van der Waals surface area contributed by atoms with Crippen molar-refractivity contribution in [2.45, 2.75) is 39.0 Å². The maximum Gasteiger partial charge on any atom is 0.260 e. The van der Waals surface area contributed by atoms with Crippen molar-refractivity contribution in [1.29, 1.82) is 0 Å². The molecule has 1 saturated heterocycles.